The van der Waals surface area contributed by atoms with E-state index in [2.05, 4.69) is 15.5 Å². The van der Waals surface area contributed by atoms with Crippen LogP contribution in [0.15, 0.2) is 6.33 Å². The van der Waals surface area contributed by atoms with E-state index in [-0.39, 0.29) is 17.2 Å². The zero-order chi connectivity index (χ0) is 18.0. The maximum absolute atomic E-state index is 13.2. The summed E-state index contributed by atoms with van der Waals surface area (Å²) in [5.41, 5.74) is -0.547. The topological polar surface area (TPSA) is 84.1 Å². The Morgan fingerprint density at radius 1 is 1.12 bits per heavy atom. The monoisotopic (exact) mass is 361 g/mol. The van der Waals surface area contributed by atoms with Crippen molar-refractivity contribution >= 4 is 5.91 Å². The van der Waals surface area contributed by atoms with E-state index in [1.54, 1.807) is 11.0 Å². The average molecular weight is 361 g/mol. The second-order valence-electron chi connectivity index (χ2n) is 8.88. The summed E-state index contributed by atoms with van der Waals surface area (Å²) >= 11 is 0. The fraction of sp³-hybridized carbons (Fsp3) is 0.895. The second kappa shape index (κ2) is 7.25. The van der Waals surface area contributed by atoms with Gasteiger partial charge in [0.15, 0.2) is 0 Å². The number of fused-ring (bicyclic) bond motifs is 1. The summed E-state index contributed by atoms with van der Waals surface area (Å²) < 4.78 is 1.79. The van der Waals surface area contributed by atoms with Crippen LogP contribution in [0.2, 0.25) is 0 Å². The van der Waals surface area contributed by atoms with Crippen LogP contribution in [0.4, 0.5) is 0 Å². The molecule has 1 aromatic rings. The third-order valence-corrected chi connectivity index (χ3v) is 7.11. The highest BCUT2D eigenvalue weighted by Crippen LogP contribution is 2.43. The Hall–Kier alpha value is -1.50. The largest absolute Gasteiger partial charge is 0.389 e. The molecule has 7 nitrogen and oxygen atoms in total. The molecule has 2 saturated carbocycles. The molecule has 26 heavy (non-hydrogen) atoms. The molecule has 1 amide bonds. The lowest BCUT2D eigenvalue weighted by Crippen LogP contribution is -2.55. The summed E-state index contributed by atoms with van der Waals surface area (Å²) in [5, 5.41) is 22.4. The highest BCUT2D eigenvalue weighted by molar-refractivity contribution is 5.77. The lowest BCUT2D eigenvalue weighted by molar-refractivity contribution is -0.146. The van der Waals surface area contributed by atoms with E-state index in [0.717, 1.165) is 51.6 Å². The van der Waals surface area contributed by atoms with Crippen LogP contribution in [0, 0.1) is 11.3 Å². The molecule has 3 aliphatic rings. The molecule has 2 unspecified atom stereocenters. The van der Waals surface area contributed by atoms with Crippen LogP contribution in [0.1, 0.15) is 70.6 Å². The molecule has 2 atom stereocenters. The maximum Gasteiger partial charge on any atom is 0.223 e. The first kappa shape index (κ1) is 17.9. The maximum atomic E-state index is 13.2. The van der Waals surface area contributed by atoms with Crippen LogP contribution in [0.25, 0.3) is 0 Å². The van der Waals surface area contributed by atoms with Gasteiger partial charge in [-0.25, -0.2) is 4.68 Å². The molecule has 2 aliphatic carbocycles. The van der Waals surface area contributed by atoms with Crippen molar-refractivity contribution in [3.8, 4) is 0 Å². The van der Waals surface area contributed by atoms with Crippen LogP contribution in [-0.4, -0.2) is 54.8 Å². The van der Waals surface area contributed by atoms with Crippen LogP contribution in [0.3, 0.4) is 0 Å². The van der Waals surface area contributed by atoms with Gasteiger partial charge in [0.1, 0.15) is 6.33 Å². The van der Waals surface area contributed by atoms with Crippen molar-refractivity contribution in [3.63, 3.8) is 0 Å². The summed E-state index contributed by atoms with van der Waals surface area (Å²) in [6.45, 7) is 2.16. The molecule has 0 spiro atoms. The Bertz CT molecular complexity index is 613. The number of aliphatic hydroxyl groups is 1. The molecule has 0 bridgehead atoms. The number of nitrogens with zero attached hydrogens (tertiary/aromatic N) is 5. The zero-order valence-corrected chi connectivity index (χ0v) is 15.6. The van der Waals surface area contributed by atoms with E-state index in [4.69, 9.17) is 0 Å². The molecule has 2 heterocycles. The zero-order valence-electron chi connectivity index (χ0n) is 15.6. The predicted octanol–water partition coefficient (Wildman–Crippen LogP) is 2.17. The Kier molecular flexibility index (Phi) is 4.99. The fourth-order valence-corrected chi connectivity index (χ4v) is 5.52. The number of carbonyl (C=O) groups is 1. The van der Waals surface area contributed by atoms with E-state index in [9.17, 15) is 9.90 Å². The SMILES string of the molecule is O=C(CC1(Cn2cnnn2)CCCCC1)N1CCC2(O)CCCCC2C1. The number of rotatable bonds is 4. The molecule has 1 saturated heterocycles. The van der Waals surface area contributed by atoms with Gasteiger partial charge in [-0.05, 0) is 47.9 Å². The normalized spacial score (nSPS) is 31.4. The smallest absolute Gasteiger partial charge is 0.223 e. The van der Waals surface area contributed by atoms with Gasteiger partial charge in [-0.3, -0.25) is 4.79 Å². The number of tetrazole rings is 1. The second-order valence-corrected chi connectivity index (χ2v) is 8.88. The third kappa shape index (κ3) is 3.63. The molecular formula is C19H31N5O2. The van der Waals surface area contributed by atoms with E-state index < -0.39 is 5.60 Å². The summed E-state index contributed by atoms with van der Waals surface area (Å²) in [6, 6.07) is 0. The number of hydrogen-bond donors (Lipinski definition) is 1. The van der Waals surface area contributed by atoms with E-state index in [1.807, 2.05) is 4.90 Å². The van der Waals surface area contributed by atoms with Crippen LogP contribution >= 0.6 is 0 Å². The van der Waals surface area contributed by atoms with Gasteiger partial charge in [-0.2, -0.15) is 0 Å². The van der Waals surface area contributed by atoms with Gasteiger partial charge >= 0.3 is 0 Å². The van der Waals surface area contributed by atoms with Gasteiger partial charge in [0.25, 0.3) is 0 Å². The molecule has 1 N–H and O–H groups in total. The first-order chi connectivity index (χ1) is 12.6. The summed E-state index contributed by atoms with van der Waals surface area (Å²) in [7, 11) is 0. The van der Waals surface area contributed by atoms with Gasteiger partial charge in [0.05, 0.1) is 12.1 Å². The molecule has 7 heteroatoms. The summed E-state index contributed by atoms with van der Waals surface area (Å²) in [4.78, 5) is 15.2. The summed E-state index contributed by atoms with van der Waals surface area (Å²) in [5.74, 6) is 0.517. The first-order valence-electron chi connectivity index (χ1n) is 10.3. The fourth-order valence-electron chi connectivity index (χ4n) is 5.52. The Morgan fingerprint density at radius 3 is 2.69 bits per heavy atom. The lowest BCUT2D eigenvalue weighted by Gasteiger charge is -2.48. The highest BCUT2D eigenvalue weighted by Gasteiger charge is 2.45. The predicted molar refractivity (Wildman–Crippen MR) is 96.1 cm³/mol. The molecule has 1 aromatic heterocycles. The van der Waals surface area contributed by atoms with Crippen molar-refractivity contribution in [2.45, 2.75) is 82.8 Å². The molecule has 0 radical (unpaired) electrons. The van der Waals surface area contributed by atoms with Crippen LogP contribution in [-0.2, 0) is 11.3 Å². The molecule has 4 rings (SSSR count). The number of likely N-dealkylation sites (tertiary alicyclic amines) is 1. The molecular weight excluding hydrogens is 330 g/mol. The summed E-state index contributed by atoms with van der Waals surface area (Å²) in [6.07, 6.45) is 13.0. The number of hydrogen-bond acceptors (Lipinski definition) is 5. The number of carbonyl (C=O) groups excluding carboxylic acids is 1. The standard InChI is InChI=1S/C19H31N5O2/c25-17(23-11-10-19(26)9-5-2-6-16(19)13-23)12-18(7-3-1-4-8-18)14-24-15-20-21-22-24/h15-16,26H,1-14H2. The highest BCUT2D eigenvalue weighted by atomic mass is 16.3. The van der Waals surface area contributed by atoms with Crippen molar-refractivity contribution in [1.82, 2.24) is 25.1 Å². The molecule has 3 fully saturated rings. The Balaban J connectivity index is 1.43. The number of aromatic nitrogens is 4. The number of piperidine rings is 1. The minimum Gasteiger partial charge on any atom is -0.389 e. The third-order valence-electron chi connectivity index (χ3n) is 7.11. The van der Waals surface area contributed by atoms with Gasteiger partial charge < -0.3 is 10.0 Å². The van der Waals surface area contributed by atoms with Crippen LogP contribution in [0.5, 0.6) is 0 Å². The van der Waals surface area contributed by atoms with Gasteiger partial charge in [-0.15, -0.1) is 5.10 Å². The van der Waals surface area contributed by atoms with Gasteiger partial charge in [0.2, 0.25) is 5.91 Å². The van der Waals surface area contributed by atoms with Crippen molar-refractivity contribution < 1.29 is 9.90 Å². The number of amides is 1. The van der Waals surface area contributed by atoms with E-state index in [1.165, 1.54) is 25.7 Å². The first-order valence-corrected chi connectivity index (χ1v) is 10.3. The minimum atomic E-state index is -0.524. The van der Waals surface area contributed by atoms with Crippen molar-refractivity contribution in [2.24, 2.45) is 11.3 Å². The molecule has 0 aromatic carbocycles. The van der Waals surface area contributed by atoms with E-state index >= 15 is 0 Å². The molecule has 1 aliphatic heterocycles. The Morgan fingerprint density at radius 2 is 1.92 bits per heavy atom. The van der Waals surface area contributed by atoms with Crippen molar-refractivity contribution in [2.75, 3.05) is 13.1 Å². The van der Waals surface area contributed by atoms with E-state index in [0.29, 0.717) is 13.0 Å². The van der Waals surface area contributed by atoms with Crippen LogP contribution < -0.4 is 0 Å². The van der Waals surface area contributed by atoms with Crippen molar-refractivity contribution in [1.29, 1.82) is 0 Å². The van der Waals surface area contributed by atoms with Gasteiger partial charge in [-0.1, -0.05) is 32.1 Å². The average Bonchev–Trinajstić information content (AvgIpc) is 3.14. The quantitative estimate of drug-likeness (QED) is 0.888. The minimum absolute atomic E-state index is 0.0228. The molecule has 144 valence electrons. The lowest BCUT2D eigenvalue weighted by atomic mass is 9.70. The van der Waals surface area contributed by atoms with Crippen molar-refractivity contribution in [3.05, 3.63) is 6.33 Å². The van der Waals surface area contributed by atoms with Gasteiger partial charge in [0, 0.05) is 25.4 Å². The Labute approximate surface area is 155 Å².